The van der Waals surface area contributed by atoms with Crippen LogP contribution in [-0.4, -0.2) is 23.3 Å². The van der Waals surface area contributed by atoms with Crippen molar-refractivity contribution in [3.05, 3.63) is 0 Å². The lowest BCUT2D eigenvalue weighted by atomic mass is 10.1. The van der Waals surface area contributed by atoms with Crippen LogP contribution in [0.4, 0.5) is 0 Å². The molecule has 0 heterocycles. The quantitative estimate of drug-likeness (QED) is 0.564. The van der Waals surface area contributed by atoms with E-state index in [4.69, 9.17) is 0 Å². The first-order chi connectivity index (χ1) is 4.45. The molecule has 0 bridgehead atoms. The van der Waals surface area contributed by atoms with Crippen molar-refractivity contribution < 1.29 is 0 Å². The molecule has 0 amide bonds. The number of hydrogen-bond donors (Lipinski definition) is 0. The number of aliphatic imine (C=N–C) groups is 1. The van der Waals surface area contributed by atoms with E-state index >= 15 is 0 Å². The zero-order valence-corrected chi connectivity index (χ0v) is 8.38. The van der Waals surface area contributed by atoms with Crippen LogP contribution in [0.1, 0.15) is 27.7 Å². The van der Waals surface area contributed by atoms with E-state index in [-0.39, 0.29) is 5.54 Å². The molecule has 0 aliphatic rings. The van der Waals surface area contributed by atoms with Crippen LogP contribution in [0.15, 0.2) is 4.99 Å². The van der Waals surface area contributed by atoms with Crippen LogP contribution >= 0.6 is 11.8 Å². The SMILES string of the molecule is CSC/C(C)=N\C(C)(C)C. The van der Waals surface area contributed by atoms with E-state index < -0.39 is 0 Å². The lowest BCUT2D eigenvalue weighted by Crippen LogP contribution is -2.13. The van der Waals surface area contributed by atoms with Crippen molar-refractivity contribution in [2.24, 2.45) is 4.99 Å². The Kier molecular flexibility index (Phi) is 4.02. The van der Waals surface area contributed by atoms with Gasteiger partial charge in [-0.25, -0.2) is 0 Å². The van der Waals surface area contributed by atoms with Gasteiger partial charge in [0.1, 0.15) is 0 Å². The highest BCUT2D eigenvalue weighted by Crippen LogP contribution is 2.07. The van der Waals surface area contributed by atoms with Crippen molar-refractivity contribution in [3.63, 3.8) is 0 Å². The second-order valence-corrected chi connectivity index (χ2v) is 4.32. The third-order valence-electron chi connectivity index (χ3n) is 0.879. The van der Waals surface area contributed by atoms with Gasteiger partial charge in [-0.1, -0.05) is 0 Å². The largest absolute Gasteiger partial charge is 0.288 e. The van der Waals surface area contributed by atoms with Crippen molar-refractivity contribution in [2.75, 3.05) is 12.0 Å². The summed E-state index contributed by atoms with van der Waals surface area (Å²) < 4.78 is 0. The van der Waals surface area contributed by atoms with Crippen LogP contribution in [0, 0.1) is 0 Å². The summed E-state index contributed by atoms with van der Waals surface area (Å²) in [5.41, 5.74) is 1.33. The summed E-state index contributed by atoms with van der Waals surface area (Å²) >= 11 is 1.82. The van der Waals surface area contributed by atoms with E-state index in [2.05, 4.69) is 38.9 Å². The standard InChI is InChI=1S/C8H17NS/c1-7(6-10-5)9-8(2,3)4/h6H2,1-5H3/b9-7-. The van der Waals surface area contributed by atoms with Crippen LogP contribution in [0.5, 0.6) is 0 Å². The predicted molar refractivity (Wildman–Crippen MR) is 51.2 cm³/mol. The third kappa shape index (κ3) is 6.14. The Bertz CT molecular complexity index is 122. The third-order valence-corrected chi connectivity index (χ3v) is 1.59. The average Bonchev–Trinajstić information content (AvgIpc) is 1.59. The van der Waals surface area contributed by atoms with Gasteiger partial charge in [0.05, 0.1) is 5.54 Å². The van der Waals surface area contributed by atoms with Gasteiger partial charge >= 0.3 is 0 Å². The van der Waals surface area contributed by atoms with Gasteiger partial charge in [-0.3, -0.25) is 4.99 Å². The molecule has 2 heteroatoms. The smallest absolute Gasteiger partial charge is 0.0523 e. The van der Waals surface area contributed by atoms with E-state index in [0.717, 1.165) is 5.75 Å². The maximum atomic E-state index is 4.49. The lowest BCUT2D eigenvalue weighted by Gasteiger charge is -2.13. The molecule has 0 saturated carbocycles. The molecular weight excluding hydrogens is 142 g/mol. The minimum Gasteiger partial charge on any atom is -0.288 e. The predicted octanol–water partition coefficient (Wildman–Crippen LogP) is 2.61. The first-order valence-electron chi connectivity index (χ1n) is 3.50. The Hall–Kier alpha value is 0.0200. The van der Waals surface area contributed by atoms with Gasteiger partial charge in [-0.2, -0.15) is 11.8 Å². The Morgan fingerprint density at radius 1 is 1.40 bits per heavy atom. The van der Waals surface area contributed by atoms with Crippen molar-refractivity contribution in [3.8, 4) is 0 Å². The molecule has 0 N–H and O–H groups in total. The van der Waals surface area contributed by atoms with Crippen LogP contribution in [-0.2, 0) is 0 Å². The van der Waals surface area contributed by atoms with Gasteiger partial charge in [0.2, 0.25) is 0 Å². The zero-order chi connectivity index (χ0) is 8.20. The Labute approximate surface area is 68.3 Å². The molecule has 0 unspecified atom stereocenters. The fourth-order valence-electron chi connectivity index (χ4n) is 0.814. The molecule has 0 spiro atoms. The first kappa shape index (κ1) is 10.0. The molecule has 60 valence electrons. The van der Waals surface area contributed by atoms with Gasteiger partial charge < -0.3 is 0 Å². The van der Waals surface area contributed by atoms with Gasteiger partial charge in [-0.05, 0) is 34.0 Å². The minimum absolute atomic E-state index is 0.0970. The van der Waals surface area contributed by atoms with Crippen LogP contribution in [0.2, 0.25) is 0 Å². The molecule has 0 aliphatic heterocycles. The molecule has 10 heavy (non-hydrogen) atoms. The van der Waals surface area contributed by atoms with E-state index in [1.54, 1.807) is 0 Å². The summed E-state index contributed by atoms with van der Waals surface area (Å²) in [6.07, 6.45) is 2.10. The van der Waals surface area contributed by atoms with Crippen LogP contribution in [0.3, 0.4) is 0 Å². The number of thioether (sulfide) groups is 1. The van der Waals surface area contributed by atoms with E-state index in [1.165, 1.54) is 5.71 Å². The molecule has 0 aliphatic carbocycles. The molecule has 0 atom stereocenters. The molecule has 0 fully saturated rings. The molecule has 0 radical (unpaired) electrons. The number of rotatable bonds is 2. The molecule has 0 aromatic heterocycles. The normalized spacial score (nSPS) is 13.9. The minimum atomic E-state index is 0.0970. The van der Waals surface area contributed by atoms with Crippen LogP contribution in [0.25, 0.3) is 0 Å². The van der Waals surface area contributed by atoms with Gasteiger partial charge in [0.15, 0.2) is 0 Å². The summed E-state index contributed by atoms with van der Waals surface area (Å²) in [5.74, 6) is 1.05. The lowest BCUT2D eigenvalue weighted by molar-refractivity contribution is 0.583. The maximum Gasteiger partial charge on any atom is 0.0523 e. The molecule has 0 aromatic carbocycles. The van der Waals surface area contributed by atoms with Crippen molar-refractivity contribution in [1.82, 2.24) is 0 Å². The van der Waals surface area contributed by atoms with Crippen molar-refractivity contribution in [2.45, 2.75) is 33.2 Å². The van der Waals surface area contributed by atoms with Gasteiger partial charge in [-0.15, -0.1) is 0 Å². The summed E-state index contributed by atoms with van der Waals surface area (Å²) in [6, 6.07) is 0. The van der Waals surface area contributed by atoms with Crippen molar-refractivity contribution >= 4 is 17.5 Å². The summed E-state index contributed by atoms with van der Waals surface area (Å²) in [6.45, 7) is 8.45. The Morgan fingerprint density at radius 3 is 2.20 bits per heavy atom. The average molecular weight is 159 g/mol. The monoisotopic (exact) mass is 159 g/mol. The molecule has 0 aromatic rings. The number of nitrogens with zero attached hydrogens (tertiary/aromatic N) is 1. The second-order valence-electron chi connectivity index (χ2n) is 3.45. The van der Waals surface area contributed by atoms with Gasteiger partial charge in [0.25, 0.3) is 0 Å². The van der Waals surface area contributed by atoms with Crippen LogP contribution < -0.4 is 0 Å². The topological polar surface area (TPSA) is 12.4 Å². The first-order valence-corrected chi connectivity index (χ1v) is 4.89. The Morgan fingerprint density at radius 2 is 1.90 bits per heavy atom. The highest BCUT2D eigenvalue weighted by atomic mass is 32.2. The zero-order valence-electron chi connectivity index (χ0n) is 7.56. The maximum absolute atomic E-state index is 4.49. The van der Waals surface area contributed by atoms with Crippen molar-refractivity contribution in [1.29, 1.82) is 0 Å². The summed E-state index contributed by atoms with van der Waals surface area (Å²) in [7, 11) is 0. The molecule has 0 saturated heterocycles. The Balaban J connectivity index is 3.90. The van der Waals surface area contributed by atoms with E-state index in [9.17, 15) is 0 Å². The highest BCUT2D eigenvalue weighted by Gasteiger charge is 2.06. The summed E-state index contributed by atoms with van der Waals surface area (Å²) in [4.78, 5) is 4.49. The van der Waals surface area contributed by atoms with E-state index in [1.807, 2.05) is 11.8 Å². The molecule has 0 rings (SSSR count). The fourth-order valence-corrected chi connectivity index (χ4v) is 1.30. The van der Waals surface area contributed by atoms with Gasteiger partial charge in [0, 0.05) is 11.5 Å². The second kappa shape index (κ2) is 4.02. The molecular formula is C8H17NS. The summed E-state index contributed by atoms with van der Waals surface area (Å²) in [5, 5.41) is 0. The number of hydrogen-bond acceptors (Lipinski definition) is 2. The van der Waals surface area contributed by atoms with E-state index in [0.29, 0.717) is 0 Å². The molecule has 1 nitrogen and oxygen atoms in total. The fraction of sp³-hybridized carbons (Fsp3) is 0.875. The highest BCUT2D eigenvalue weighted by molar-refractivity contribution is 7.99.